The molecule has 1 atom stereocenters. The number of rotatable bonds is 4. The molecule has 1 N–H and O–H groups in total. The second kappa shape index (κ2) is 5.76. The van der Waals surface area contributed by atoms with Gasteiger partial charge in [0, 0.05) is 19.2 Å². The summed E-state index contributed by atoms with van der Waals surface area (Å²) in [4.78, 5) is 10.5. The Bertz CT molecular complexity index is 636. The summed E-state index contributed by atoms with van der Waals surface area (Å²) in [5.41, 5.74) is 1.60. The average molecular weight is 295 g/mol. The molecule has 0 spiro atoms. The lowest BCUT2D eigenvalue weighted by Gasteiger charge is -2.14. The van der Waals surface area contributed by atoms with E-state index in [1.807, 2.05) is 13.0 Å². The van der Waals surface area contributed by atoms with Crippen molar-refractivity contribution in [2.45, 2.75) is 13.5 Å². The molecule has 1 unspecified atom stereocenters. The first-order valence-corrected chi connectivity index (χ1v) is 7.95. The molecule has 1 fully saturated rings. The fraction of sp³-hybridized carbons (Fsp3) is 0.357. The predicted octanol–water partition coefficient (Wildman–Crippen LogP) is 1.57. The fourth-order valence-electron chi connectivity index (χ4n) is 2.31. The SMILES string of the molecule is CC1CN(Cc2cccc(C=CC(=O)O)c2)S(=O)(=O)C1. The van der Waals surface area contributed by atoms with Crippen molar-refractivity contribution < 1.29 is 18.3 Å². The molecule has 1 heterocycles. The van der Waals surface area contributed by atoms with Crippen molar-refractivity contribution in [2.24, 2.45) is 5.92 Å². The van der Waals surface area contributed by atoms with Gasteiger partial charge in [-0.3, -0.25) is 0 Å². The van der Waals surface area contributed by atoms with Crippen molar-refractivity contribution in [3.63, 3.8) is 0 Å². The maximum Gasteiger partial charge on any atom is 0.328 e. The number of carboxylic acids is 1. The smallest absolute Gasteiger partial charge is 0.328 e. The van der Waals surface area contributed by atoms with Crippen molar-refractivity contribution in [1.29, 1.82) is 0 Å². The van der Waals surface area contributed by atoms with Crippen LogP contribution in [-0.2, 0) is 21.4 Å². The third-order valence-electron chi connectivity index (χ3n) is 3.13. The number of aliphatic carboxylic acids is 1. The van der Waals surface area contributed by atoms with Gasteiger partial charge in [-0.2, -0.15) is 4.31 Å². The van der Waals surface area contributed by atoms with Gasteiger partial charge >= 0.3 is 5.97 Å². The highest BCUT2D eigenvalue weighted by atomic mass is 32.2. The summed E-state index contributed by atoms with van der Waals surface area (Å²) in [7, 11) is -3.15. The lowest BCUT2D eigenvalue weighted by atomic mass is 10.1. The first kappa shape index (κ1) is 14.7. The van der Waals surface area contributed by atoms with Crippen molar-refractivity contribution in [2.75, 3.05) is 12.3 Å². The normalized spacial score (nSPS) is 22.4. The molecule has 1 aliphatic heterocycles. The van der Waals surface area contributed by atoms with E-state index in [1.54, 1.807) is 18.2 Å². The standard InChI is InChI=1S/C14H17NO4S/c1-11-8-15(20(18,19)10-11)9-13-4-2-3-12(7-13)5-6-14(16)17/h2-7,11H,8-10H2,1H3,(H,16,17). The van der Waals surface area contributed by atoms with E-state index in [1.165, 1.54) is 10.4 Å². The maximum absolute atomic E-state index is 11.9. The summed E-state index contributed by atoms with van der Waals surface area (Å²) in [5, 5.41) is 8.60. The van der Waals surface area contributed by atoms with E-state index in [0.29, 0.717) is 13.1 Å². The number of sulfonamides is 1. The lowest BCUT2D eigenvalue weighted by molar-refractivity contribution is -0.131. The Labute approximate surface area is 118 Å². The molecule has 1 saturated heterocycles. The van der Waals surface area contributed by atoms with E-state index in [2.05, 4.69) is 0 Å². The first-order valence-electron chi connectivity index (χ1n) is 6.34. The minimum absolute atomic E-state index is 0.148. The molecule has 0 aliphatic carbocycles. The zero-order chi connectivity index (χ0) is 14.8. The van der Waals surface area contributed by atoms with Crippen molar-refractivity contribution in [3.05, 3.63) is 41.5 Å². The molecule has 6 heteroatoms. The van der Waals surface area contributed by atoms with Gasteiger partial charge in [0.05, 0.1) is 5.75 Å². The highest BCUT2D eigenvalue weighted by Crippen LogP contribution is 2.22. The van der Waals surface area contributed by atoms with Crippen LogP contribution >= 0.6 is 0 Å². The number of hydrogen-bond donors (Lipinski definition) is 1. The average Bonchev–Trinajstić information content (AvgIpc) is 2.60. The van der Waals surface area contributed by atoms with Crippen LogP contribution in [0.3, 0.4) is 0 Å². The molecule has 0 radical (unpaired) electrons. The lowest BCUT2D eigenvalue weighted by Crippen LogP contribution is -2.25. The van der Waals surface area contributed by atoms with Gasteiger partial charge < -0.3 is 5.11 Å². The zero-order valence-corrected chi connectivity index (χ0v) is 12.0. The molecule has 0 aromatic heterocycles. The molecule has 0 amide bonds. The van der Waals surface area contributed by atoms with Crippen LogP contribution < -0.4 is 0 Å². The highest BCUT2D eigenvalue weighted by Gasteiger charge is 2.33. The van der Waals surface area contributed by atoms with Gasteiger partial charge in [0.25, 0.3) is 0 Å². The largest absolute Gasteiger partial charge is 0.478 e. The quantitative estimate of drug-likeness (QED) is 0.856. The summed E-state index contributed by atoms with van der Waals surface area (Å²) in [6, 6.07) is 7.22. The van der Waals surface area contributed by atoms with Crippen LogP contribution in [0.4, 0.5) is 0 Å². The summed E-state index contributed by atoms with van der Waals surface area (Å²) in [6.07, 6.45) is 2.56. The number of benzene rings is 1. The van der Waals surface area contributed by atoms with Crippen LogP contribution in [0.5, 0.6) is 0 Å². The van der Waals surface area contributed by atoms with E-state index in [-0.39, 0.29) is 11.7 Å². The summed E-state index contributed by atoms with van der Waals surface area (Å²) in [5.74, 6) is -0.660. The van der Waals surface area contributed by atoms with E-state index in [4.69, 9.17) is 5.11 Å². The molecule has 108 valence electrons. The number of carboxylic acid groups (broad SMARTS) is 1. The molecule has 5 nitrogen and oxygen atoms in total. The van der Waals surface area contributed by atoms with Gasteiger partial charge in [-0.15, -0.1) is 0 Å². The Morgan fingerprint density at radius 1 is 1.50 bits per heavy atom. The van der Waals surface area contributed by atoms with E-state index < -0.39 is 16.0 Å². The second-order valence-electron chi connectivity index (χ2n) is 5.09. The van der Waals surface area contributed by atoms with E-state index >= 15 is 0 Å². The molecule has 20 heavy (non-hydrogen) atoms. The van der Waals surface area contributed by atoms with Crippen molar-refractivity contribution in [1.82, 2.24) is 4.31 Å². The van der Waals surface area contributed by atoms with Gasteiger partial charge in [0.1, 0.15) is 0 Å². The Kier molecular flexibility index (Phi) is 4.25. The molecule has 1 aromatic rings. The maximum atomic E-state index is 11.9. The fourth-order valence-corrected chi connectivity index (χ4v) is 4.17. The molecule has 1 aromatic carbocycles. The Hall–Kier alpha value is -1.66. The first-order chi connectivity index (χ1) is 9.37. The summed E-state index contributed by atoms with van der Waals surface area (Å²) >= 11 is 0. The molecule has 2 rings (SSSR count). The number of nitrogens with zero attached hydrogens (tertiary/aromatic N) is 1. The highest BCUT2D eigenvalue weighted by molar-refractivity contribution is 7.89. The van der Waals surface area contributed by atoms with Crippen LogP contribution in [0.1, 0.15) is 18.1 Å². The van der Waals surface area contributed by atoms with Crippen LogP contribution in [0.25, 0.3) is 6.08 Å². The molecule has 0 saturated carbocycles. The number of carbonyl (C=O) groups is 1. The molecule has 1 aliphatic rings. The Balaban J connectivity index is 2.14. The van der Waals surface area contributed by atoms with Crippen LogP contribution in [0.15, 0.2) is 30.3 Å². The third-order valence-corrected chi connectivity index (χ3v) is 5.19. The monoisotopic (exact) mass is 295 g/mol. The Morgan fingerprint density at radius 2 is 2.25 bits per heavy atom. The molecular weight excluding hydrogens is 278 g/mol. The minimum Gasteiger partial charge on any atom is -0.478 e. The van der Waals surface area contributed by atoms with Gasteiger partial charge in [0.2, 0.25) is 10.0 Å². The second-order valence-corrected chi connectivity index (χ2v) is 7.11. The van der Waals surface area contributed by atoms with Crippen LogP contribution in [0.2, 0.25) is 0 Å². The van der Waals surface area contributed by atoms with Gasteiger partial charge in [0.15, 0.2) is 0 Å². The summed E-state index contributed by atoms with van der Waals surface area (Å²) in [6.45, 7) is 2.79. The van der Waals surface area contributed by atoms with Gasteiger partial charge in [-0.1, -0.05) is 31.2 Å². The number of hydrogen-bond acceptors (Lipinski definition) is 3. The topological polar surface area (TPSA) is 74.7 Å². The molecular formula is C14H17NO4S. The van der Waals surface area contributed by atoms with E-state index in [0.717, 1.165) is 17.2 Å². The minimum atomic E-state index is -3.15. The van der Waals surface area contributed by atoms with Gasteiger partial charge in [-0.05, 0) is 23.1 Å². The van der Waals surface area contributed by atoms with E-state index in [9.17, 15) is 13.2 Å². The third kappa shape index (κ3) is 3.68. The molecule has 0 bridgehead atoms. The van der Waals surface area contributed by atoms with Crippen molar-refractivity contribution >= 4 is 22.1 Å². The van der Waals surface area contributed by atoms with Crippen LogP contribution in [0, 0.1) is 5.92 Å². The van der Waals surface area contributed by atoms with Crippen LogP contribution in [-0.4, -0.2) is 36.1 Å². The van der Waals surface area contributed by atoms with Gasteiger partial charge in [-0.25, -0.2) is 13.2 Å². The Morgan fingerprint density at radius 3 is 2.85 bits per heavy atom. The summed E-state index contributed by atoms with van der Waals surface area (Å²) < 4.78 is 25.3. The zero-order valence-electron chi connectivity index (χ0n) is 11.2. The van der Waals surface area contributed by atoms with Crippen molar-refractivity contribution in [3.8, 4) is 0 Å². The predicted molar refractivity (Wildman–Crippen MR) is 76.5 cm³/mol.